The second-order valence-electron chi connectivity index (χ2n) is 4.23. The van der Waals surface area contributed by atoms with Gasteiger partial charge < -0.3 is 4.74 Å². The molecule has 2 aromatic rings. The van der Waals surface area contributed by atoms with Gasteiger partial charge in [0.2, 0.25) is 0 Å². The number of hydrogen-bond acceptors (Lipinski definition) is 1. The lowest BCUT2D eigenvalue weighted by molar-refractivity contribution is 0.477. The first kappa shape index (κ1) is 13.4. The summed E-state index contributed by atoms with van der Waals surface area (Å²) in [5, 5.41) is 0. The van der Waals surface area contributed by atoms with Gasteiger partial charge in [0.15, 0.2) is 0 Å². The lowest BCUT2D eigenvalue weighted by Gasteiger charge is -2.11. The Labute approximate surface area is 121 Å². The average molecular weight is 326 g/mol. The molecule has 0 fully saturated rings. The standard InChI is InChI=1S/C15H14BrClO/c1-10-3-5-14(7-11(10)2)18-15-6-4-13(16)8-12(15)9-17/h3-8H,9H2,1-2H3. The van der Waals surface area contributed by atoms with E-state index in [0.717, 1.165) is 21.5 Å². The van der Waals surface area contributed by atoms with Crippen LogP contribution in [-0.2, 0) is 5.88 Å². The quantitative estimate of drug-likeness (QED) is 0.668. The van der Waals surface area contributed by atoms with E-state index in [0.29, 0.717) is 5.88 Å². The fourth-order valence-electron chi connectivity index (χ4n) is 1.66. The van der Waals surface area contributed by atoms with Crippen LogP contribution in [0.4, 0.5) is 0 Å². The van der Waals surface area contributed by atoms with Crippen molar-refractivity contribution >= 4 is 27.5 Å². The number of halogens is 2. The van der Waals surface area contributed by atoms with Crippen LogP contribution in [0.25, 0.3) is 0 Å². The largest absolute Gasteiger partial charge is 0.457 e. The first-order valence-corrected chi connectivity index (χ1v) is 7.02. The number of ether oxygens (including phenoxy) is 1. The van der Waals surface area contributed by atoms with Gasteiger partial charge in [-0.1, -0.05) is 22.0 Å². The number of rotatable bonds is 3. The maximum Gasteiger partial charge on any atom is 0.131 e. The highest BCUT2D eigenvalue weighted by Crippen LogP contribution is 2.30. The maximum absolute atomic E-state index is 5.93. The van der Waals surface area contributed by atoms with E-state index >= 15 is 0 Å². The molecule has 0 heterocycles. The minimum Gasteiger partial charge on any atom is -0.457 e. The van der Waals surface area contributed by atoms with Crippen LogP contribution in [0.1, 0.15) is 16.7 Å². The second-order valence-corrected chi connectivity index (χ2v) is 5.42. The van der Waals surface area contributed by atoms with Gasteiger partial charge in [-0.3, -0.25) is 0 Å². The number of alkyl halides is 1. The van der Waals surface area contributed by atoms with E-state index in [1.54, 1.807) is 0 Å². The molecule has 0 aromatic heterocycles. The molecule has 0 aliphatic heterocycles. The van der Waals surface area contributed by atoms with Crippen molar-refractivity contribution in [2.75, 3.05) is 0 Å². The van der Waals surface area contributed by atoms with Gasteiger partial charge in [0.25, 0.3) is 0 Å². The summed E-state index contributed by atoms with van der Waals surface area (Å²) in [4.78, 5) is 0. The molecule has 0 spiro atoms. The van der Waals surface area contributed by atoms with E-state index in [1.807, 2.05) is 30.3 Å². The van der Waals surface area contributed by atoms with E-state index in [1.165, 1.54) is 11.1 Å². The zero-order valence-corrected chi connectivity index (χ0v) is 12.7. The lowest BCUT2D eigenvalue weighted by atomic mass is 10.1. The predicted octanol–water partition coefficient (Wildman–Crippen LogP) is 5.60. The SMILES string of the molecule is Cc1ccc(Oc2ccc(Br)cc2CCl)cc1C. The van der Waals surface area contributed by atoms with Crippen LogP contribution in [0.5, 0.6) is 11.5 Å². The van der Waals surface area contributed by atoms with Crippen molar-refractivity contribution in [1.82, 2.24) is 0 Å². The van der Waals surface area contributed by atoms with Gasteiger partial charge in [0, 0.05) is 10.0 Å². The van der Waals surface area contributed by atoms with E-state index in [2.05, 4.69) is 35.8 Å². The maximum atomic E-state index is 5.93. The Kier molecular flexibility index (Phi) is 4.31. The van der Waals surface area contributed by atoms with Gasteiger partial charge in [-0.05, 0) is 55.3 Å². The van der Waals surface area contributed by atoms with Gasteiger partial charge in [-0.25, -0.2) is 0 Å². The molecule has 0 aliphatic carbocycles. The molecule has 0 bridgehead atoms. The van der Waals surface area contributed by atoms with Gasteiger partial charge in [0.05, 0.1) is 5.88 Å². The minimum absolute atomic E-state index is 0.430. The molecule has 0 aliphatic rings. The fourth-order valence-corrected chi connectivity index (χ4v) is 2.27. The van der Waals surface area contributed by atoms with Crippen LogP contribution >= 0.6 is 27.5 Å². The zero-order valence-electron chi connectivity index (χ0n) is 10.3. The van der Waals surface area contributed by atoms with Crippen molar-refractivity contribution in [3.8, 4) is 11.5 Å². The highest BCUT2D eigenvalue weighted by Gasteiger charge is 2.05. The molecular weight excluding hydrogens is 312 g/mol. The van der Waals surface area contributed by atoms with Crippen molar-refractivity contribution in [1.29, 1.82) is 0 Å². The van der Waals surface area contributed by atoms with E-state index in [4.69, 9.17) is 16.3 Å². The smallest absolute Gasteiger partial charge is 0.131 e. The van der Waals surface area contributed by atoms with E-state index in [9.17, 15) is 0 Å². The van der Waals surface area contributed by atoms with Crippen molar-refractivity contribution in [2.45, 2.75) is 19.7 Å². The third kappa shape index (κ3) is 3.06. The fraction of sp³-hybridized carbons (Fsp3) is 0.200. The summed E-state index contributed by atoms with van der Waals surface area (Å²) in [5.74, 6) is 2.07. The van der Waals surface area contributed by atoms with Crippen LogP contribution < -0.4 is 4.74 Å². The van der Waals surface area contributed by atoms with Crippen molar-refractivity contribution in [3.63, 3.8) is 0 Å². The van der Waals surface area contributed by atoms with Crippen molar-refractivity contribution in [3.05, 3.63) is 57.6 Å². The zero-order chi connectivity index (χ0) is 13.1. The highest BCUT2D eigenvalue weighted by atomic mass is 79.9. The van der Waals surface area contributed by atoms with Crippen molar-refractivity contribution < 1.29 is 4.74 Å². The Morgan fingerprint density at radius 2 is 1.83 bits per heavy atom. The summed E-state index contributed by atoms with van der Waals surface area (Å²) in [6, 6.07) is 11.9. The lowest BCUT2D eigenvalue weighted by Crippen LogP contribution is -1.91. The predicted molar refractivity (Wildman–Crippen MR) is 79.7 cm³/mol. The Balaban J connectivity index is 2.30. The molecule has 0 atom stereocenters. The summed E-state index contributed by atoms with van der Waals surface area (Å²) in [5.41, 5.74) is 3.46. The van der Waals surface area contributed by atoms with Crippen LogP contribution in [0, 0.1) is 13.8 Å². The molecule has 94 valence electrons. The molecule has 3 heteroatoms. The molecular formula is C15H14BrClO. The Morgan fingerprint density at radius 3 is 2.50 bits per heavy atom. The summed E-state index contributed by atoms with van der Waals surface area (Å²) in [6.07, 6.45) is 0. The van der Waals surface area contributed by atoms with Gasteiger partial charge in [-0.15, -0.1) is 11.6 Å². The third-order valence-corrected chi connectivity index (χ3v) is 3.65. The van der Waals surface area contributed by atoms with E-state index in [-0.39, 0.29) is 0 Å². The van der Waals surface area contributed by atoms with Gasteiger partial charge in [-0.2, -0.15) is 0 Å². The molecule has 2 rings (SSSR count). The number of benzene rings is 2. The summed E-state index contributed by atoms with van der Waals surface area (Å²) in [7, 11) is 0. The van der Waals surface area contributed by atoms with E-state index < -0.39 is 0 Å². The Hall–Kier alpha value is -0.990. The Bertz CT molecular complexity index is 566. The number of hydrogen-bond donors (Lipinski definition) is 0. The molecule has 0 radical (unpaired) electrons. The molecule has 0 unspecified atom stereocenters. The first-order valence-electron chi connectivity index (χ1n) is 5.69. The summed E-state index contributed by atoms with van der Waals surface area (Å²) < 4.78 is 6.89. The topological polar surface area (TPSA) is 9.23 Å². The van der Waals surface area contributed by atoms with Gasteiger partial charge >= 0.3 is 0 Å². The van der Waals surface area contributed by atoms with Crippen LogP contribution in [0.15, 0.2) is 40.9 Å². The highest BCUT2D eigenvalue weighted by molar-refractivity contribution is 9.10. The Morgan fingerprint density at radius 1 is 1.06 bits per heavy atom. The monoisotopic (exact) mass is 324 g/mol. The molecule has 0 saturated heterocycles. The van der Waals surface area contributed by atoms with Crippen LogP contribution in [-0.4, -0.2) is 0 Å². The van der Waals surface area contributed by atoms with Crippen molar-refractivity contribution in [2.24, 2.45) is 0 Å². The molecule has 0 N–H and O–H groups in total. The molecule has 0 amide bonds. The first-order chi connectivity index (χ1) is 8.60. The minimum atomic E-state index is 0.430. The summed E-state index contributed by atoms with van der Waals surface area (Å²) in [6.45, 7) is 4.16. The average Bonchev–Trinajstić information content (AvgIpc) is 2.36. The van der Waals surface area contributed by atoms with Crippen LogP contribution in [0.3, 0.4) is 0 Å². The molecule has 1 nitrogen and oxygen atoms in total. The second kappa shape index (κ2) is 5.77. The molecule has 2 aromatic carbocycles. The third-order valence-electron chi connectivity index (χ3n) is 2.87. The normalized spacial score (nSPS) is 10.4. The molecule has 18 heavy (non-hydrogen) atoms. The number of aryl methyl sites for hydroxylation is 2. The van der Waals surface area contributed by atoms with Gasteiger partial charge in [0.1, 0.15) is 11.5 Å². The summed E-state index contributed by atoms with van der Waals surface area (Å²) >= 11 is 9.36. The molecule has 0 saturated carbocycles. The van der Waals surface area contributed by atoms with Crippen LogP contribution in [0.2, 0.25) is 0 Å².